The second-order valence-electron chi connectivity index (χ2n) is 4.39. The highest BCUT2D eigenvalue weighted by molar-refractivity contribution is 7.99. The highest BCUT2D eigenvalue weighted by Gasteiger charge is 2.12. The van der Waals surface area contributed by atoms with Crippen molar-refractivity contribution in [2.75, 3.05) is 39.0 Å². The first-order chi connectivity index (χ1) is 10.2. The molecule has 1 rings (SSSR count). The summed E-state index contributed by atoms with van der Waals surface area (Å²) in [6.07, 6.45) is 0. The van der Waals surface area contributed by atoms with Gasteiger partial charge in [-0.1, -0.05) is 25.1 Å². The van der Waals surface area contributed by atoms with Crippen molar-refractivity contribution < 1.29 is 14.3 Å². The van der Waals surface area contributed by atoms with Gasteiger partial charge in [0.15, 0.2) is 0 Å². The summed E-state index contributed by atoms with van der Waals surface area (Å²) in [5.41, 5.74) is 0. The fourth-order valence-corrected chi connectivity index (χ4v) is 2.45. The number of ether oxygens (including phenoxy) is 1. The third kappa shape index (κ3) is 7.72. The molecule has 0 fully saturated rings. The first-order valence-corrected chi connectivity index (χ1v) is 7.88. The van der Waals surface area contributed by atoms with Gasteiger partial charge in [-0.3, -0.25) is 14.5 Å². The van der Waals surface area contributed by atoms with Crippen LogP contribution in [0.15, 0.2) is 35.2 Å². The van der Waals surface area contributed by atoms with E-state index < -0.39 is 0 Å². The number of carbonyl (C=O) groups is 2. The number of nitrogens with one attached hydrogen (secondary N) is 1. The number of carbonyl (C=O) groups excluding carboxylic acids is 2. The number of methoxy groups -OCH3 is 1. The molecule has 116 valence electrons. The number of likely N-dealkylation sites (N-methyl/N-ethyl adjacent to an activating group) is 1. The molecular formula is C15H22N2O3S. The van der Waals surface area contributed by atoms with Crippen LogP contribution in [0.1, 0.15) is 6.92 Å². The molecule has 0 heterocycles. The van der Waals surface area contributed by atoms with Gasteiger partial charge in [0.25, 0.3) is 0 Å². The van der Waals surface area contributed by atoms with Crippen molar-refractivity contribution in [3.05, 3.63) is 30.3 Å². The monoisotopic (exact) mass is 310 g/mol. The Morgan fingerprint density at radius 3 is 2.57 bits per heavy atom. The largest absolute Gasteiger partial charge is 0.468 e. The van der Waals surface area contributed by atoms with Gasteiger partial charge < -0.3 is 10.1 Å². The van der Waals surface area contributed by atoms with Crippen LogP contribution in [-0.2, 0) is 14.3 Å². The Hall–Kier alpha value is -1.53. The zero-order valence-electron chi connectivity index (χ0n) is 12.5. The van der Waals surface area contributed by atoms with Crippen LogP contribution in [0.4, 0.5) is 0 Å². The van der Waals surface area contributed by atoms with E-state index in [2.05, 4.69) is 10.1 Å². The van der Waals surface area contributed by atoms with E-state index in [-0.39, 0.29) is 25.0 Å². The van der Waals surface area contributed by atoms with Crippen molar-refractivity contribution in [3.63, 3.8) is 0 Å². The van der Waals surface area contributed by atoms with Crippen LogP contribution in [0.3, 0.4) is 0 Å². The number of amides is 1. The van der Waals surface area contributed by atoms with Crippen LogP contribution in [-0.4, -0.2) is 55.8 Å². The second-order valence-corrected chi connectivity index (χ2v) is 5.56. The summed E-state index contributed by atoms with van der Waals surface area (Å²) in [5.74, 6) is 0.414. The molecule has 0 bridgehead atoms. The molecule has 6 heteroatoms. The maximum atomic E-state index is 11.8. The molecule has 0 unspecified atom stereocenters. The quantitative estimate of drug-likeness (QED) is 0.424. The van der Waals surface area contributed by atoms with Gasteiger partial charge in [0.2, 0.25) is 5.91 Å². The Balaban J connectivity index is 2.19. The SMILES string of the molecule is CCN(CC(=O)NCCSc1ccccc1)CC(=O)OC. The summed E-state index contributed by atoms with van der Waals surface area (Å²) < 4.78 is 4.60. The predicted octanol–water partition coefficient (Wildman–Crippen LogP) is 1.39. The standard InChI is InChI=1S/C15H22N2O3S/c1-3-17(12-15(19)20-2)11-14(18)16-9-10-21-13-7-5-4-6-8-13/h4-8H,3,9-12H2,1-2H3,(H,16,18). The highest BCUT2D eigenvalue weighted by Crippen LogP contribution is 2.15. The number of benzene rings is 1. The Kier molecular flexibility index (Phi) is 8.54. The lowest BCUT2D eigenvalue weighted by atomic mass is 10.4. The van der Waals surface area contributed by atoms with Crippen molar-refractivity contribution in [1.82, 2.24) is 10.2 Å². The Bertz CT molecular complexity index is 440. The van der Waals surface area contributed by atoms with E-state index in [9.17, 15) is 9.59 Å². The number of rotatable bonds is 9. The molecule has 5 nitrogen and oxygen atoms in total. The van der Waals surface area contributed by atoms with Crippen molar-refractivity contribution in [2.45, 2.75) is 11.8 Å². The Morgan fingerprint density at radius 2 is 1.95 bits per heavy atom. The van der Waals surface area contributed by atoms with E-state index in [1.165, 1.54) is 12.0 Å². The van der Waals surface area contributed by atoms with E-state index in [1.807, 2.05) is 37.3 Å². The van der Waals surface area contributed by atoms with Crippen molar-refractivity contribution in [3.8, 4) is 0 Å². The zero-order valence-corrected chi connectivity index (χ0v) is 13.3. The minimum absolute atomic E-state index is 0.0746. The normalized spacial score (nSPS) is 10.4. The van der Waals surface area contributed by atoms with Crippen molar-refractivity contribution in [1.29, 1.82) is 0 Å². The fraction of sp³-hybridized carbons (Fsp3) is 0.467. The van der Waals surface area contributed by atoms with E-state index in [0.29, 0.717) is 13.1 Å². The summed E-state index contributed by atoms with van der Waals surface area (Å²) in [4.78, 5) is 25.9. The van der Waals surface area contributed by atoms with Crippen LogP contribution < -0.4 is 5.32 Å². The van der Waals surface area contributed by atoms with Gasteiger partial charge in [-0.15, -0.1) is 11.8 Å². The predicted molar refractivity (Wildman–Crippen MR) is 84.3 cm³/mol. The van der Waals surface area contributed by atoms with Crippen LogP contribution >= 0.6 is 11.8 Å². The average Bonchev–Trinajstić information content (AvgIpc) is 2.51. The maximum Gasteiger partial charge on any atom is 0.319 e. The van der Waals surface area contributed by atoms with Gasteiger partial charge in [-0.25, -0.2) is 0 Å². The molecule has 1 aromatic carbocycles. The summed E-state index contributed by atoms with van der Waals surface area (Å²) in [6, 6.07) is 10.1. The molecule has 0 atom stereocenters. The van der Waals surface area contributed by atoms with Gasteiger partial charge in [0.05, 0.1) is 20.2 Å². The molecule has 0 aliphatic rings. The third-order valence-corrected chi connectivity index (χ3v) is 3.84. The van der Waals surface area contributed by atoms with Crippen LogP contribution in [0.25, 0.3) is 0 Å². The van der Waals surface area contributed by atoms with Crippen molar-refractivity contribution in [2.24, 2.45) is 0 Å². The van der Waals surface area contributed by atoms with Gasteiger partial charge in [0.1, 0.15) is 0 Å². The first-order valence-electron chi connectivity index (χ1n) is 6.89. The van der Waals surface area contributed by atoms with Crippen LogP contribution in [0.5, 0.6) is 0 Å². The molecular weight excluding hydrogens is 288 g/mol. The lowest BCUT2D eigenvalue weighted by molar-refractivity contribution is -0.142. The molecule has 0 aliphatic heterocycles. The van der Waals surface area contributed by atoms with Crippen LogP contribution in [0.2, 0.25) is 0 Å². The first kappa shape index (κ1) is 17.5. The molecule has 0 aromatic heterocycles. The molecule has 1 aromatic rings. The summed E-state index contributed by atoms with van der Waals surface area (Å²) in [7, 11) is 1.34. The van der Waals surface area contributed by atoms with E-state index in [1.54, 1.807) is 16.7 Å². The van der Waals surface area contributed by atoms with E-state index in [0.717, 1.165) is 5.75 Å². The lowest BCUT2D eigenvalue weighted by Crippen LogP contribution is -2.40. The lowest BCUT2D eigenvalue weighted by Gasteiger charge is -2.18. The number of hydrogen-bond acceptors (Lipinski definition) is 5. The third-order valence-electron chi connectivity index (χ3n) is 2.83. The molecule has 1 N–H and O–H groups in total. The number of hydrogen-bond donors (Lipinski definition) is 1. The summed E-state index contributed by atoms with van der Waals surface area (Å²) >= 11 is 1.70. The van der Waals surface area contributed by atoms with E-state index >= 15 is 0 Å². The van der Waals surface area contributed by atoms with E-state index in [4.69, 9.17) is 0 Å². The summed E-state index contributed by atoms with van der Waals surface area (Å²) in [5, 5.41) is 2.86. The van der Waals surface area contributed by atoms with Gasteiger partial charge >= 0.3 is 5.97 Å². The van der Waals surface area contributed by atoms with Crippen LogP contribution in [0, 0.1) is 0 Å². The molecule has 0 radical (unpaired) electrons. The summed E-state index contributed by atoms with van der Waals surface area (Å²) in [6.45, 7) is 3.48. The smallest absolute Gasteiger partial charge is 0.319 e. The zero-order chi connectivity index (χ0) is 15.5. The minimum atomic E-state index is -0.329. The van der Waals surface area contributed by atoms with Gasteiger partial charge in [-0.05, 0) is 18.7 Å². The van der Waals surface area contributed by atoms with Gasteiger partial charge in [0, 0.05) is 17.2 Å². The molecule has 0 spiro atoms. The fourth-order valence-electron chi connectivity index (χ4n) is 1.66. The molecule has 0 saturated heterocycles. The second kappa shape index (κ2) is 10.2. The topological polar surface area (TPSA) is 58.6 Å². The number of thioether (sulfide) groups is 1. The van der Waals surface area contributed by atoms with Gasteiger partial charge in [-0.2, -0.15) is 0 Å². The van der Waals surface area contributed by atoms with Crippen molar-refractivity contribution >= 4 is 23.6 Å². The molecule has 0 saturated carbocycles. The number of nitrogens with zero attached hydrogens (tertiary/aromatic N) is 1. The highest BCUT2D eigenvalue weighted by atomic mass is 32.2. The molecule has 21 heavy (non-hydrogen) atoms. The minimum Gasteiger partial charge on any atom is -0.468 e. The Labute approximate surface area is 130 Å². The maximum absolute atomic E-state index is 11.8. The Morgan fingerprint density at radius 1 is 1.24 bits per heavy atom. The number of esters is 1. The molecule has 1 amide bonds. The average molecular weight is 310 g/mol. The molecule has 0 aliphatic carbocycles.